The quantitative estimate of drug-likeness (QED) is 0.714. The first-order valence-corrected chi connectivity index (χ1v) is 8.70. The van der Waals surface area contributed by atoms with E-state index < -0.39 is 0 Å². The first-order chi connectivity index (χ1) is 12.9. The van der Waals surface area contributed by atoms with Crippen molar-refractivity contribution >= 4 is 17.0 Å². The smallest absolute Gasteiger partial charge is 0.259 e. The van der Waals surface area contributed by atoms with Crippen LogP contribution in [0.3, 0.4) is 0 Å². The maximum absolute atomic E-state index is 12.9. The molecule has 0 aliphatic rings. The van der Waals surface area contributed by atoms with Gasteiger partial charge in [0.2, 0.25) is 0 Å². The van der Waals surface area contributed by atoms with Crippen molar-refractivity contribution in [3.63, 3.8) is 0 Å². The molecule has 142 valence electrons. The third kappa shape index (κ3) is 3.72. The van der Waals surface area contributed by atoms with Gasteiger partial charge in [0.1, 0.15) is 11.5 Å². The Morgan fingerprint density at radius 2 is 2.00 bits per heavy atom. The van der Waals surface area contributed by atoms with E-state index in [2.05, 4.69) is 15.5 Å². The molecule has 27 heavy (non-hydrogen) atoms. The molecule has 1 amide bonds. The molecule has 0 atom stereocenters. The Kier molecular flexibility index (Phi) is 5.30. The van der Waals surface area contributed by atoms with Gasteiger partial charge in [-0.3, -0.25) is 4.79 Å². The lowest BCUT2D eigenvalue weighted by Crippen LogP contribution is -2.24. The first-order valence-electron chi connectivity index (χ1n) is 8.70. The van der Waals surface area contributed by atoms with E-state index in [1.54, 1.807) is 33.3 Å². The predicted octanol–water partition coefficient (Wildman–Crippen LogP) is 3.60. The van der Waals surface area contributed by atoms with Crippen molar-refractivity contribution in [3.05, 3.63) is 46.8 Å². The summed E-state index contributed by atoms with van der Waals surface area (Å²) in [4.78, 5) is 17.4. The molecule has 7 nitrogen and oxygen atoms in total. The number of pyridine rings is 1. The Morgan fingerprint density at radius 1 is 1.22 bits per heavy atom. The van der Waals surface area contributed by atoms with E-state index in [0.29, 0.717) is 40.4 Å². The van der Waals surface area contributed by atoms with Gasteiger partial charge in [0.15, 0.2) is 0 Å². The van der Waals surface area contributed by atoms with Crippen LogP contribution in [0.15, 0.2) is 28.8 Å². The number of nitrogens with zero attached hydrogens (tertiary/aromatic N) is 2. The molecule has 0 aliphatic carbocycles. The molecule has 3 aromatic rings. The zero-order chi connectivity index (χ0) is 19.6. The number of amides is 1. The number of methoxy groups -OCH3 is 2. The minimum absolute atomic E-state index is 0.160. The van der Waals surface area contributed by atoms with E-state index in [1.165, 1.54) is 0 Å². The fraction of sp³-hybridized carbons (Fsp3) is 0.350. The molecule has 0 radical (unpaired) electrons. The number of aromatic nitrogens is 2. The van der Waals surface area contributed by atoms with Crippen LogP contribution >= 0.6 is 0 Å². The second-order valence-corrected chi connectivity index (χ2v) is 6.56. The molecular weight excluding hydrogens is 346 g/mol. The molecule has 0 unspecified atom stereocenters. The summed E-state index contributed by atoms with van der Waals surface area (Å²) >= 11 is 0. The maximum atomic E-state index is 12.9. The van der Waals surface area contributed by atoms with Crippen LogP contribution < -0.4 is 14.8 Å². The van der Waals surface area contributed by atoms with Crippen LogP contribution in [0.1, 0.15) is 47.1 Å². The fourth-order valence-corrected chi connectivity index (χ4v) is 2.86. The SMILES string of the molecule is COc1ccc(CNC(=O)c2cc(C(C)C)nc3onc(C)c23)c(OC)c1. The number of ether oxygens (including phenoxy) is 2. The van der Waals surface area contributed by atoms with Crippen LogP contribution in [0.5, 0.6) is 11.5 Å². The summed E-state index contributed by atoms with van der Waals surface area (Å²) in [6.07, 6.45) is 0. The molecule has 1 aromatic carbocycles. The van der Waals surface area contributed by atoms with Gasteiger partial charge in [0.05, 0.1) is 30.9 Å². The van der Waals surface area contributed by atoms with E-state index in [-0.39, 0.29) is 11.8 Å². The van der Waals surface area contributed by atoms with Crippen LogP contribution in [-0.4, -0.2) is 30.3 Å². The minimum Gasteiger partial charge on any atom is -0.497 e. The van der Waals surface area contributed by atoms with Gasteiger partial charge in [-0.15, -0.1) is 0 Å². The number of carbonyl (C=O) groups excluding carboxylic acids is 1. The van der Waals surface area contributed by atoms with E-state index in [4.69, 9.17) is 14.0 Å². The molecule has 7 heteroatoms. The lowest BCUT2D eigenvalue weighted by molar-refractivity contribution is 0.0952. The molecule has 0 saturated carbocycles. The highest BCUT2D eigenvalue weighted by molar-refractivity contribution is 6.06. The minimum atomic E-state index is -0.214. The number of nitrogens with one attached hydrogen (secondary N) is 1. The van der Waals surface area contributed by atoms with Crippen LogP contribution in [0.2, 0.25) is 0 Å². The summed E-state index contributed by atoms with van der Waals surface area (Å²) < 4.78 is 15.9. The van der Waals surface area contributed by atoms with Crippen molar-refractivity contribution in [3.8, 4) is 11.5 Å². The molecule has 0 spiro atoms. The fourth-order valence-electron chi connectivity index (χ4n) is 2.86. The summed E-state index contributed by atoms with van der Waals surface area (Å²) in [7, 11) is 3.18. The van der Waals surface area contributed by atoms with Gasteiger partial charge in [0.25, 0.3) is 11.6 Å². The van der Waals surface area contributed by atoms with Gasteiger partial charge in [-0.1, -0.05) is 19.0 Å². The van der Waals surface area contributed by atoms with Gasteiger partial charge >= 0.3 is 0 Å². The molecule has 1 N–H and O–H groups in total. The first kappa shape index (κ1) is 18.7. The molecular formula is C20H23N3O4. The zero-order valence-electron chi connectivity index (χ0n) is 16.1. The Balaban J connectivity index is 1.90. The van der Waals surface area contributed by atoms with Crippen molar-refractivity contribution in [2.24, 2.45) is 0 Å². The lowest BCUT2D eigenvalue weighted by atomic mass is 10.0. The number of benzene rings is 1. The summed E-state index contributed by atoms with van der Waals surface area (Å²) in [6.45, 7) is 6.14. The lowest BCUT2D eigenvalue weighted by Gasteiger charge is -2.12. The van der Waals surface area contributed by atoms with Crippen molar-refractivity contribution in [2.45, 2.75) is 33.2 Å². The highest BCUT2D eigenvalue weighted by Crippen LogP contribution is 2.26. The van der Waals surface area contributed by atoms with Crippen LogP contribution in [0.4, 0.5) is 0 Å². The maximum Gasteiger partial charge on any atom is 0.259 e. The van der Waals surface area contributed by atoms with E-state index in [1.807, 2.05) is 26.0 Å². The van der Waals surface area contributed by atoms with E-state index >= 15 is 0 Å². The monoisotopic (exact) mass is 369 g/mol. The largest absolute Gasteiger partial charge is 0.497 e. The Labute approximate surface area is 157 Å². The predicted molar refractivity (Wildman–Crippen MR) is 101 cm³/mol. The Morgan fingerprint density at radius 3 is 2.67 bits per heavy atom. The van der Waals surface area contributed by atoms with Gasteiger partial charge in [-0.05, 0) is 31.0 Å². The van der Waals surface area contributed by atoms with Crippen LogP contribution in [0.25, 0.3) is 11.1 Å². The van der Waals surface area contributed by atoms with Crippen LogP contribution in [-0.2, 0) is 6.54 Å². The third-order valence-electron chi connectivity index (χ3n) is 4.41. The third-order valence-corrected chi connectivity index (χ3v) is 4.41. The molecule has 0 aliphatic heterocycles. The number of aryl methyl sites for hydroxylation is 1. The number of carbonyl (C=O) groups is 1. The normalized spacial score (nSPS) is 11.0. The number of hydrogen-bond acceptors (Lipinski definition) is 6. The highest BCUT2D eigenvalue weighted by atomic mass is 16.5. The van der Waals surface area contributed by atoms with Crippen molar-refractivity contribution < 1.29 is 18.8 Å². The molecule has 2 aromatic heterocycles. The molecule has 3 rings (SSSR count). The van der Waals surface area contributed by atoms with Gasteiger partial charge in [-0.25, -0.2) is 4.98 Å². The Hall–Kier alpha value is -3.09. The number of fused-ring (bicyclic) bond motifs is 1. The van der Waals surface area contributed by atoms with Crippen molar-refractivity contribution in [2.75, 3.05) is 14.2 Å². The average Bonchev–Trinajstić information content (AvgIpc) is 3.06. The van der Waals surface area contributed by atoms with Crippen LogP contribution in [0, 0.1) is 6.92 Å². The molecule has 0 bridgehead atoms. The highest BCUT2D eigenvalue weighted by Gasteiger charge is 2.20. The molecule has 0 saturated heterocycles. The van der Waals surface area contributed by atoms with E-state index in [0.717, 1.165) is 11.3 Å². The zero-order valence-corrected chi connectivity index (χ0v) is 16.1. The van der Waals surface area contributed by atoms with Gasteiger partial charge in [-0.2, -0.15) is 0 Å². The van der Waals surface area contributed by atoms with Gasteiger partial charge < -0.3 is 19.3 Å². The summed E-state index contributed by atoms with van der Waals surface area (Å²) in [5, 5.41) is 7.54. The summed E-state index contributed by atoms with van der Waals surface area (Å²) in [6, 6.07) is 7.28. The van der Waals surface area contributed by atoms with Gasteiger partial charge in [0, 0.05) is 23.9 Å². The summed E-state index contributed by atoms with van der Waals surface area (Å²) in [5.74, 6) is 1.29. The summed E-state index contributed by atoms with van der Waals surface area (Å²) in [5.41, 5.74) is 3.16. The number of rotatable bonds is 6. The average molecular weight is 369 g/mol. The van der Waals surface area contributed by atoms with E-state index in [9.17, 15) is 4.79 Å². The standard InChI is InChI=1S/C20H23N3O4/c1-11(2)16-9-15(18-12(3)23-27-20(18)22-16)19(24)21-10-13-6-7-14(25-4)8-17(13)26-5/h6-9,11H,10H2,1-5H3,(H,21,24). The molecule has 2 heterocycles. The second kappa shape index (κ2) is 7.65. The topological polar surface area (TPSA) is 86.5 Å². The van der Waals surface area contributed by atoms with Crippen molar-refractivity contribution in [1.82, 2.24) is 15.5 Å². The van der Waals surface area contributed by atoms with Crippen molar-refractivity contribution in [1.29, 1.82) is 0 Å². The number of hydrogen-bond donors (Lipinski definition) is 1. The Bertz CT molecular complexity index is 979. The second-order valence-electron chi connectivity index (χ2n) is 6.56. The molecule has 0 fully saturated rings.